The molecule has 1 saturated heterocycles. The number of hydrogen-bond donors (Lipinski definition) is 1. The first-order valence-corrected chi connectivity index (χ1v) is 12.5. The van der Waals surface area contributed by atoms with Gasteiger partial charge in [-0.25, -0.2) is 9.97 Å². The van der Waals surface area contributed by atoms with Gasteiger partial charge in [0.1, 0.15) is 17.0 Å². The van der Waals surface area contributed by atoms with Gasteiger partial charge in [-0.2, -0.15) is 0 Å². The van der Waals surface area contributed by atoms with Gasteiger partial charge in [-0.05, 0) is 43.4 Å². The molecule has 0 aliphatic carbocycles. The first-order chi connectivity index (χ1) is 16.2. The third-order valence-electron chi connectivity index (χ3n) is 6.30. The lowest BCUT2D eigenvalue weighted by atomic mass is 9.98. The number of pyridine rings is 1. The number of nitrogens with zero attached hydrogens (tertiary/aromatic N) is 5. The molecule has 8 nitrogen and oxygen atoms in total. The van der Waals surface area contributed by atoms with Crippen molar-refractivity contribution in [3.63, 3.8) is 0 Å². The van der Waals surface area contributed by atoms with Gasteiger partial charge in [0, 0.05) is 44.0 Å². The van der Waals surface area contributed by atoms with Crippen molar-refractivity contribution in [2.75, 3.05) is 24.5 Å². The zero-order valence-electron chi connectivity index (χ0n) is 18.7. The van der Waals surface area contributed by atoms with Gasteiger partial charge < -0.3 is 14.8 Å². The Labute approximate surface area is 195 Å². The van der Waals surface area contributed by atoms with Crippen LogP contribution in [0.2, 0.25) is 0 Å². The van der Waals surface area contributed by atoms with E-state index in [0.29, 0.717) is 41.4 Å². The number of hydrogen-bond acceptors (Lipinski definition) is 6. The third kappa shape index (κ3) is 4.25. The van der Waals surface area contributed by atoms with Crippen molar-refractivity contribution in [3.8, 4) is 0 Å². The van der Waals surface area contributed by atoms with Gasteiger partial charge in [0.2, 0.25) is 0 Å². The van der Waals surface area contributed by atoms with Crippen LogP contribution < -0.4 is 15.8 Å². The maximum absolute atomic E-state index is 13.3. The number of unbranched alkanes of at least 4 members (excludes halogenated alkanes) is 1. The predicted octanol–water partition coefficient (Wildman–Crippen LogP) is 3.55. The molecular weight excluding hydrogens is 436 g/mol. The number of aryl methyl sites for hydroxylation is 1. The topological polar surface area (TPSA) is 84.5 Å². The van der Waals surface area contributed by atoms with E-state index in [4.69, 9.17) is 4.98 Å². The summed E-state index contributed by atoms with van der Waals surface area (Å²) >= 11 is 1.65. The van der Waals surface area contributed by atoms with Crippen LogP contribution in [0.5, 0.6) is 0 Å². The molecular formula is C24H28N6O2S. The first-order valence-electron chi connectivity index (χ1n) is 11.6. The van der Waals surface area contributed by atoms with E-state index in [-0.39, 0.29) is 11.5 Å². The van der Waals surface area contributed by atoms with Gasteiger partial charge in [0.15, 0.2) is 5.13 Å². The van der Waals surface area contributed by atoms with Gasteiger partial charge >= 0.3 is 0 Å². The molecule has 5 rings (SSSR count). The standard InChI is InChI=1S/C24H28N6O2S/c1-2-3-11-29-19(14-18-21(29)27-20-8-4-5-12-30(20)23(18)32)22(31)26-15-17-7-6-10-28(16-17)24-25-9-13-33-24/h4-5,8-9,12-14,17H,2-3,6-7,10-11,15-16H2,1H3,(H,26,31). The van der Waals surface area contributed by atoms with E-state index in [1.807, 2.05) is 34.3 Å². The molecule has 1 unspecified atom stereocenters. The van der Waals surface area contributed by atoms with Crippen LogP contribution >= 0.6 is 11.3 Å². The Kier molecular flexibility index (Phi) is 6.13. The molecule has 9 heteroatoms. The molecule has 1 aliphatic heterocycles. The lowest BCUT2D eigenvalue weighted by molar-refractivity contribution is 0.0936. The van der Waals surface area contributed by atoms with Crippen LogP contribution in [0.15, 0.2) is 46.8 Å². The monoisotopic (exact) mass is 464 g/mol. The summed E-state index contributed by atoms with van der Waals surface area (Å²) in [6.07, 6.45) is 7.61. The highest BCUT2D eigenvalue weighted by molar-refractivity contribution is 7.13. The predicted molar refractivity (Wildman–Crippen MR) is 131 cm³/mol. The van der Waals surface area contributed by atoms with Crippen LogP contribution in [-0.4, -0.2) is 44.5 Å². The smallest absolute Gasteiger partial charge is 0.268 e. The van der Waals surface area contributed by atoms with E-state index < -0.39 is 0 Å². The van der Waals surface area contributed by atoms with Gasteiger partial charge in [-0.15, -0.1) is 11.3 Å². The van der Waals surface area contributed by atoms with Crippen LogP contribution in [0.25, 0.3) is 16.7 Å². The third-order valence-corrected chi connectivity index (χ3v) is 7.14. The highest BCUT2D eigenvalue weighted by Crippen LogP contribution is 2.25. The van der Waals surface area contributed by atoms with Crippen LogP contribution in [0.3, 0.4) is 0 Å². The molecule has 33 heavy (non-hydrogen) atoms. The minimum atomic E-state index is -0.149. The Hall–Kier alpha value is -3.20. The SMILES string of the molecule is CCCCn1c(C(=O)NCC2CCCN(c3nccs3)C2)cc2c(=O)n3ccccc3nc21. The van der Waals surface area contributed by atoms with E-state index in [9.17, 15) is 9.59 Å². The Bertz CT molecular complexity index is 1330. The van der Waals surface area contributed by atoms with Crippen molar-refractivity contribution in [3.05, 3.63) is 58.1 Å². The fourth-order valence-corrected chi connectivity index (χ4v) is 5.27. The molecule has 1 atom stereocenters. The van der Waals surface area contributed by atoms with E-state index in [2.05, 4.69) is 22.1 Å². The van der Waals surface area contributed by atoms with Crippen LogP contribution in [0.1, 0.15) is 43.1 Å². The van der Waals surface area contributed by atoms with Crippen LogP contribution in [0, 0.1) is 5.92 Å². The number of thiazole rings is 1. The molecule has 1 amide bonds. The summed E-state index contributed by atoms with van der Waals surface area (Å²) in [5, 5.41) is 6.65. The van der Waals surface area contributed by atoms with Crippen molar-refractivity contribution in [1.29, 1.82) is 0 Å². The molecule has 0 spiro atoms. The minimum absolute atomic E-state index is 0.147. The summed E-state index contributed by atoms with van der Waals surface area (Å²) in [5.41, 5.74) is 1.53. The average Bonchev–Trinajstić information content (AvgIpc) is 3.50. The van der Waals surface area contributed by atoms with Crippen molar-refractivity contribution >= 4 is 39.1 Å². The summed E-state index contributed by atoms with van der Waals surface area (Å²) in [4.78, 5) is 37.8. The first kappa shape index (κ1) is 21.6. The summed E-state index contributed by atoms with van der Waals surface area (Å²) in [6.45, 7) is 5.26. The second-order valence-electron chi connectivity index (χ2n) is 8.60. The highest BCUT2D eigenvalue weighted by Gasteiger charge is 2.24. The number of carbonyl (C=O) groups is 1. The molecule has 1 fully saturated rings. The van der Waals surface area contributed by atoms with Gasteiger partial charge in [0.25, 0.3) is 11.5 Å². The normalized spacial score (nSPS) is 16.5. The number of anilines is 1. The maximum atomic E-state index is 13.3. The van der Waals surface area contributed by atoms with Crippen molar-refractivity contribution in [2.45, 2.75) is 39.2 Å². The van der Waals surface area contributed by atoms with Crippen molar-refractivity contribution in [2.24, 2.45) is 5.92 Å². The molecule has 5 heterocycles. The summed E-state index contributed by atoms with van der Waals surface area (Å²) in [6, 6.07) is 7.19. The lowest BCUT2D eigenvalue weighted by Crippen LogP contribution is -2.41. The van der Waals surface area contributed by atoms with E-state index in [1.165, 1.54) is 4.40 Å². The Morgan fingerprint density at radius 3 is 3.06 bits per heavy atom. The molecule has 172 valence electrons. The molecule has 0 radical (unpaired) electrons. The van der Waals surface area contributed by atoms with E-state index in [1.54, 1.807) is 23.6 Å². The fourth-order valence-electron chi connectivity index (χ4n) is 4.59. The van der Waals surface area contributed by atoms with E-state index in [0.717, 1.165) is 43.9 Å². The molecule has 0 aromatic carbocycles. The number of nitrogens with one attached hydrogen (secondary N) is 1. The quantitative estimate of drug-likeness (QED) is 0.452. The maximum Gasteiger partial charge on any atom is 0.268 e. The lowest BCUT2D eigenvalue weighted by Gasteiger charge is -2.32. The number of rotatable bonds is 7. The zero-order chi connectivity index (χ0) is 22.8. The Morgan fingerprint density at radius 2 is 2.24 bits per heavy atom. The van der Waals surface area contributed by atoms with Crippen molar-refractivity contribution in [1.82, 2.24) is 24.3 Å². The minimum Gasteiger partial charge on any atom is -0.350 e. The number of carbonyl (C=O) groups excluding carboxylic acids is 1. The van der Waals surface area contributed by atoms with E-state index >= 15 is 0 Å². The Balaban J connectivity index is 1.40. The summed E-state index contributed by atoms with van der Waals surface area (Å²) in [7, 11) is 0. The Morgan fingerprint density at radius 1 is 1.33 bits per heavy atom. The molecule has 4 aromatic rings. The second-order valence-corrected chi connectivity index (χ2v) is 9.47. The average molecular weight is 465 g/mol. The number of aromatic nitrogens is 4. The molecule has 4 aromatic heterocycles. The molecule has 0 bridgehead atoms. The highest BCUT2D eigenvalue weighted by atomic mass is 32.1. The fraction of sp³-hybridized carbons (Fsp3) is 0.417. The van der Waals surface area contributed by atoms with Gasteiger partial charge in [-0.3, -0.25) is 14.0 Å². The molecule has 1 N–H and O–H groups in total. The number of piperidine rings is 1. The molecule has 0 saturated carbocycles. The number of fused-ring (bicyclic) bond motifs is 2. The van der Waals surface area contributed by atoms with Crippen LogP contribution in [0.4, 0.5) is 5.13 Å². The molecule has 1 aliphatic rings. The second kappa shape index (κ2) is 9.35. The van der Waals surface area contributed by atoms with Crippen LogP contribution in [-0.2, 0) is 6.54 Å². The largest absolute Gasteiger partial charge is 0.350 e. The summed E-state index contributed by atoms with van der Waals surface area (Å²) < 4.78 is 3.44. The zero-order valence-corrected chi connectivity index (χ0v) is 19.6. The summed E-state index contributed by atoms with van der Waals surface area (Å²) in [5.74, 6) is 0.218. The number of amides is 1. The van der Waals surface area contributed by atoms with Gasteiger partial charge in [0.05, 0.1) is 5.39 Å². The van der Waals surface area contributed by atoms with Crippen molar-refractivity contribution < 1.29 is 4.79 Å². The van der Waals surface area contributed by atoms with Gasteiger partial charge in [-0.1, -0.05) is 19.4 Å².